The number of benzene rings is 1. The molecule has 0 saturated heterocycles. The molecular formula is C20H25N5O2. The third kappa shape index (κ3) is 4.24. The molecule has 7 nitrogen and oxygen atoms in total. The first-order chi connectivity index (χ1) is 13.0. The molecule has 0 bridgehead atoms. The average molecular weight is 367 g/mol. The summed E-state index contributed by atoms with van der Waals surface area (Å²) in [5.74, 6) is 1.23. The van der Waals surface area contributed by atoms with Crippen molar-refractivity contribution in [1.82, 2.24) is 19.6 Å². The highest BCUT2D eigenvalue weighted by Crippen LogP contribution is 2.26. The van der Waals surface area contributed by atoms with Crippen molar-refractivity contribution in [1.29, 1.82) is 0 Å². The number of carbonyl (C=O) groups excluding carboxylic acids is 1. The van der Waals surface area contributed by atoms with Crippen LogP contribution in [-0.4, -0.2) is 32.1 Å². The van der Waals surface area contributed by atoms with E-state index in [4.69, 9.17) is 4.74 Å². The minimum absolute atomic E-state index is 0.0577. The topological polar surface area (TPSA) is 81.4 Å². The lowest BCUT2D eigenvalue weighted by atomic mass is 10.1. The summed E-state index contributed by atoms with van der Waals surface area (Å²) in [4.78, 5) is 21.1. The zero-order valence-electron chi connectivity index (χ0n) is 16.2. The van der Waals surface area contributed by atoms with Crippen LogP contribution in [0.15, 0.2) is 24.5 Å². The fraction of sp³-hybridized carbons (Fsp3) is 0.400. The van der Waals surface area contributed by atoms with Gasteiger partial charge in [-0.3, -0.25) is 4.79 Å². The number of hydrogen-bond acceptors (Lipinski definition) is 5. The fourth-order valence-electron chi connectivity index (χ4n) is 3.03. The lowest BCUT2D eigenvalue weighted by molar-refractivity contribution is -0.116. The van der Waals surface area contributed by atoms with Crippen LogP contribution < -0.4 is 10.1 Å². The summed E-state index contributed by atoms with van der Waals surface area (Å²) in [6.07, 6.45) is 3.34. The molecule has 142 valence electrons. The second kappa shape index (κ2) is 8.16. The summed E-state index contributed by atoms with van der Waals surface area (Å²) in [6, 6.07) is 5.80. The van der Waals surface area contributed by atoms with E-state index in [2.05, 4.69) is 27.3 Å². The van der Waals surface area contributed by atoms with Crippen molar-refractivity contribution in [3.05, 3.63) is 47.0 Å². The van der Waals surface area contributed by atoms with Gasteiger partial charge in [0.2, 0.25) is 5.91 Å². The number of amides is 1. The Morgan fingerprint density at radius 1 is 1.26 bits per heavy atom. The smallest absolute Gasteiger partial charge is 0.252 e. The lowest BCUT2D eigenvalue weighted by Gasteiger charge is -2.14. The first kappa shape index (κ1) is 18.8. The number of carbonyl (C=O) groups is 1. The summed E-state index contributed by atoms with van der Waals surface area (Å²) in [5, 5.41) is 7.16. The van der Waals surface area contributed by atoms with E-state index in [0.29, 0.717) is 36.7 Å². The van der Waals surface area contributed by atoms with Gasteiger partial charge in [-0.2, -0.15) is 10.1 Å². The normalized spacial score (nSPS) is 11.0. The van der Waals surface area contributed by atoms with E-state index in [0.717, 1.165) is 28.9 Å². The summed E-state index contributed by atoms with van der Waals surface area (Å²) in [6.45, 7) is 8.59. The first-order valence-corrected chi connectivity index (χ1v) is 9.18. The SMILES string of the molecule is CCCOc1cc(C)ccc1NC(=O)CCc1c(C)nc2ncnn2c1C. The molecular weight excluding hydrogens is 342 g/mol. The summed E-state index contributed by atoms with van der Waals surface area (Å²) >= 11 is 0. The summed E-state index contributed by atoms with van der Waals surface area (Å²) in [7, 11) is 0. The van der Waals surface area contributed by atoms with Crippen LogP contribution in [0.2, 0.25) is 0 Å². The molecule has 0 atom stereocenters. The van der Waals surface area contributed by atoms with Crippen LogP contribution in [0.5, 0.6) is 5.75 Å². The van der Waals surface area contributed by atoms with E-state index in [1.54, 1.807) is 4.52 Å². The van der Waals surface area contributed by atoms with Crippen molar-refractivity contribution >= 4 is 17.4 Å². The van der Waals surface area contributed by atoms with E-state index in [9.17, 15) is 4.79 Å². The second-order valence-corrected chi connectivity index (χ2v) is 6.63. The van der Waals surface area contributed by atoms with Crippen LogP contribution in [0.4, 0.5) is 5.69 Å². The van der Waals surface area contributed by atoms with Gasteiger partial charge in [-0.1, -0.05) is 13.0 Å². The molecule has 0 aliphatic heterocycles. The van der Waals surface area contributed by atoms with Crippen LogP contribution in [-0.2, 0) is 11.2 Å². The molecule has 3 aromatic rings. The average Bonchev–Trinajstić information content (AvgIpc) is 3.10. The molecule has 1 amide bonds. The van der Waals surface area contributed by atoms with Crippen LogP contribution in [0.25, 0.3) is 5.78 Å². The van der Waals surface area contributed by atoms with Crippen molar-refractivity contribution in [2.45, 2.75) is 47.0 Å². The molecule has 3 rings (SSSR count). The Labute approximate surface area is 158 Å². The zero-order chi connectivity index (χ0) is 19.4. The van der Waals surface area contributed by atoms with Crippen LogP contribution in [0.3, 0.4) is 0 Å². The molecule has 2 heterocycles. The molecule has 1 N–H and O–H groups in total. The maximum absolute atomic E-state index is 12.5. The third-order valence-electron chi connectivity index (χ3n) is 4.46. The Kier molecular flexibility index (Phi) is 5.69. The van der Waals surface area contributed by atoms with E-state index in [-0.39, 0.29) is 5.91 Å². The lowest BCUT2D eigenvalue weighted by Crippen LogP contribution is -2.15. The number of nitrogens with zero attached hydrogens (tertiary/aromatic N) is 4. The van der Waals surface area contributed by atoms with Gasteiger partial charge in [0.15, 0.2) is 0 Å². The molecule has 0 aliphatic carbocycles. The van der Waals surface area contributed by atoms with E-state index >= 15 is 0 Å². The minimum Gasteiger partial charge on any atom is -0.491 e. The monoisotopic (exact) mass is 367 g/mol. The summed E-state index contributed by atoms with van der Waals surface area (Å²) < 4.78 is 7.47. The van der Waals surface area contributed by atoms with E-state index < -0.39 is 0 Å². The molecule has 7 heteroatoms. The van der Waals surface area contributed by atoms with Gasteiger partial charge in [-0.25, -0.2) is 9.50 Å². The molecule has 27 heavy (non-hydrogen) atoms. The fourth-order valence-corrected chi connectivity index (χ4v) is 3.03. The molecule has 0 fully saturated rings. The highest BCUT2D eigenvalue weighted by Gasteiger charge is 2.14. The molecule has 0 aliphatic rings. The number of anilines is 1. The standard InChI is InChI=1S/C20H25N5O2/c1-5-10-27-18-11-13(2)6-8-17(18)24-19(26)9-7-16-14(3)23-20-21-12-22-25(20)15(16)4/h6,8,11-12H,5,7,9-10H2,1-4H3,(H,24,26). The number of ether oxygens (including phenoxy) is 1. The van der Waals surface area contributed by atoms with Crippen molar-refractivity contribution in [3.8, 4) is 5.75 Å². The molecule has 0 saturated carbocycles. The maximum Gasteiger partial charge on any atom is 0.252 e. The Morgan fingerprint density at radius 2 is 2.07 bits per heavy atom. The van der Waals surface area contributed by atoms with E-state index in [1.165, 1.54) is 6.33 Å². The van der Waals surface area contributed by atoms with Crippen molar-refractivity contribution in [3.63, 3.8) is 0 Å². The third-order valence-corrected chi connectivity index (χ3v) is 4.46. The number of fused-ring (bicyclic) bond motifs is 1. The predicted octanol–water partition coefficient (Wildman–Crippen LogP) is 3.41. The van der Waals surface area contributed by atoms with Crippen LogP contribution in [0.1, 0.15) is 42.3 Å². The second-order valence-electron chi connectivity index (χ2n) is 6.63. The van der Waals surface area contributed by atoms with Gasteiger partial charge in [0.1, 0.15) is 12.1 Å². The largest absolute Gasteiger partial charge is 0.491 e. The van der Waals surface area contributed by atoms with Gasteiger partial charge in [0.05, 0.1) is 12.3 Å². The van der Waals surface area contributed by atoms with Crippen molar-refractivity contribution in [2.75, 3.05) is 11.9 Å². The van der Waals surface area contributed by atoms with Crippen molar-refractivity contribution in [2.24, 2.45) is 0 Å². The van der Waals surface area contributed by atoms with Gasteiger partial charge < -0.3 is 10.1 Å². The number of hydrogen-bond donors (Lipinski definition) is 1. The molecule has 1 aromatic carbocycles. The quantitative estimate of drug-likeness (QED) is 0.692. The van der Waals surface area contributed by atoms with Crippen LogP contribution >= 0.6 is 0 Å². The van der Waals surface area contributed by atoms with Gasteiger partial charge in [-0.05, 0) is 56.9 Å². The van der Waals surface area contributed by atoms with Crippen LogP contribution in [0, 0.1) is 20.8 Å². The van der Waals surface area contributed by atoms with Crippen molar-refractivity contribution < 1.29 is 9.53 Å². The molecule has 0 spiro atoms. The Bertz CT molecular complexity index is 964. The number of aromatic nitrogens is 4. The number of rotatable bonds is 7. The van der Waals surface area contributed by atoms with Gasteiger partial charge in [0.25, 0.3) is 5.78 Å². The Morgan fingerprint density at radius 3 is 2.85 bits per heavy atom. The number of aryl methyl sites for hydroxylation is 3. The molecule has 0 radical (unpaired) electrons. The van der Waals surface area contributed by atoms with Gasteiger partial charge in [0, 0.05) is 17.8 Å². The minimum atomic E-state index is -0.0577. The maximum atomic E-state index is 12.5. The molecule has 2 aromatic heterocycles. The van der Waals surface area contributed by atoms with E-state index in [1.807, 2.05) is 39.0 Å². The Hall–Kier alpha value is -2.96. The first-order valence-electron chi connectivity index (χ1n) is 9.18. The Balaban J connectivity index is 1.70. The van der Waals surface area contributed by atoms with Gasteiger partial charge in [-0.15, -0.1) is 0 Å². The zero-order valence-corrected chi connectivity index (χ0v) is 16.2. The summed E-state index contributed by atoms with van der Waals surface area (Å²) in [5.41, 5.74) is 4.66. The predicted molar refractivity (Wildman–Crippen MR) is 104 cm³/mol. The highest BCUT2D eigenvalue weighted by atomic mass is 16.5. The molecule has 0 unspecified atom stereocenters. The van der Waals surface area contributed by atoms with Gasteiger partial charge >= 0.3 is 0 Å². The highest BCUT2D eigenvalue weighted by molar-refractivity contribution is 5.92. The number of nitrogens with one attached hydrogen (secondary N) is 1.